The molecule has 0 spiro atoms. The third-order valence-electron chi connectivity index (χ3n) is 7.64. The van der Waals surface area contributed by atoms with E-state index in [0.717, 1.165) is 62.7 Å². The van der Waals surface area contributed by atoms with Crippen molar-refractivity contribution in [1.82, 2.24) is 4.90 Å². The van der Waals surface area contributed by atoms with E-state index in [1.165, 1.54) is 19.3 Å². The van der Waals surface area contributed by atoms with Crippen molar-refractivity contribution in [2.45, 2.75) is 55.7 Å². The van der Waals surface area contributed by atoms with Gasteiger partial charge in [0, 0.05) is 29.0 Å². The number of carbonyl (C=O) groups excluding carboxylic acids is 2. The lowest BCUT2D eigenvalue weighted by atomic mass is 9.49. The Labute approximate surface area is 175 Å². The van der Waals surface area contributed by atoms with E-state index < -0.39 is 0 Å². The number of nitrogens with one attached hydrogen (secondary N) is 1. The van der Waals surface area contributed by atoms with Gasteiger partial charge in [-0.2, -0.15) is 0 Å². The molecule has 1 aliphatic heterocycles. The van der Waals surface area contributed by atoms with Gasteiger partial charge in [0.05, 0.1) is 5.41 Å². The first-order valence-electron chi connectivity index (χ1n) is 10.8. The summed E-state index contributed by atoms with van der Waals surface area (Å²) in [6, 6.07) is 9.64. The Kier molecular flexibility index (Phi) is 4.57. The van der Waals surface area contributed by atoms with Gasteiger partial charge < -0.3 is 10.2 Å². The van der Waals surface area contributed by atoms with Crippen molar-refractivity contribution >= 4 is 33.4 Å². The number of alkyl halides is 1. The molecule has 1 N–H and O–H groups in total. The summed E-state index contributed by atoms with van der Waals surface area (Å²) in [5.74, 6) is 1.92. The third-order valence-corrected chi connectivity index (χ3v) is 8.57. The summed E-state index contributed by atoms with van der Waals surface area (Å²) in [4.78, 5) is 28.2. The van der Waals surface area contributed by atoms with Gasteiger partial charge in [0.25, 0.3) is 0 Å². The number of benzene rings is 1. The molecule has 28 heavy (non-hydrogen) atoms. The zero-order valence-corrected chi connectivity index (χ0v) is 17.9. The third kappa shape index (κ3) is 3.30. The van der Waals surface area contributed by atoms with Crippen LogP contribution in [0.15, 0.2) is 30.3 Å². The fraction of sp³-hybridized carbons (Fsp3) is 0.652. The molecular weight excluding hydrogens is 416 g/mol. The molecule has 1 heterocycles. The minimum atomic E-state index is -0.132. The van der Waals surface area contributed by atoms with Gasteiger partial charge in [-0.1, -0.05) is 34.1 Å². The smallest absolute Gasteiger partial charge is 0.228 e. The lowest BCUT2D eigenvalue weighted by molar-refractivity contribution is -0.157. The Morgan fingerprint density at radius 1 is 1.00 bits per heavy atom. The lowest BCUT2D eigenvalue weighted by Crippen LogP contribution is -2.59. The standard InChI is InChI=1S/C23H29BrN2O2/c24-23-13-16-10-17(14-23)12-22(11-16,15-23)21(28)26-8-6-18(7-9-26)20(27)25-19-4-2-1-3-5-19/h1-5,16-18H,6-15H2,(H,25,27). The van der Waals surface area contributed by atoms with Crippen molar-refractivity contribution in [3.63, 3.8) is 0 Å². The van der Waals surface area contributed by atoms with Crippen molar-refractivity contribution in [2.75, 3.05) is 18.4 Å². The largest absolute Gasteiger partial charge is 0.342 e. The highest BCUT2D eigenvalue weighted by atomic mass is 79.9. The topological polar surface area (TPSA) is 49.4 Å². The van der Waals surface area contributed by atoms with Crippen LogP contribution in [0.5, 0.6) is 0 Å². The van der Waals surface area contributed by atoms with Crippen LogP contribution in [0.3, 0.4) is 0 Å². The van der Waals surface area contributed by atoms with Crippen LogP contribution in [0, 0.1) is 23.2 Å². The molecule has 0 radical (unpaired) electrons. The van der Waals surface area contributed by atoms with E-state index in [2.05, 4.69) is 26.1 Å². The Morgan fingerprint density at radius 2 is 1.64 bits per heavy atom. The summed E-state index contributed by atoms with van der Waals surface area (Å²) in [5.41, 5.74) is 0.717. The van der Waals surface area contributed by atoms with Crippen LogP contribution in [0.1, 0.15) is 51.4 Å². The number of carbonyl (C=O) groups is 2. The molecule has 1 aromatic carbocycles. The fourth-order valence-corrected chi connectivity index (χ4v) is 8.30. The molecule has 0 aromatic heterocycles. The lowest BCUT2D eigenvalue weighted by Gasteiger charge is -2.60. The second-order valence-electron chi connectivity index (χ2n) is 9.81. The predicted molar refractivity (Wildman–Crippen MR) is 113 cm³/mol. The predicted octanol–water partition coefficient (Wildman–Crippen LogP) is 4.60. The monoisotopic (exact) mass is 444 g/mol. The maximum absolute atomic E-state index is 13.6. The normalized spacial score (nSPS) is 37.1. The second-order valence-corrected chi connectivity index (χ2v) is 11.5. The Morgan fingerprint density at radius 3 is 2.25 bits per heavy atom. The number of amides is 2. The number of nitrogens with zero attached hydrogens (tertiary/aromatic N) is 1. The Balaban J connectivity index is 1.21. The molecule has 2 atom stereocenters. The van der Waals surface area contributed by atoms with Crippen LogP contribution in [0.25, 0.3) is 0 Å². The van der Waals surface area contributed by atoms with Crippen LogP contribution in [0.4, 0.5) is 5.69 Å². The first-order chi connectivity index (χ1) is 13.4. The Bertz CT molecular complexity index is 758. The molecule has 4 nitrogen and oxygen atoms in total. The highest BCUT2D eigenvalue weighted by molar-refractivity contribution is 9.10. The van der Waals surface area contributed by atoms with Gasteiger partial charge in [-0.05, 0) is 75.3 Å². The quantitative estimate of drug-likeness (QED) is 0.692. The van der Waals surface area contributed by atoms with Crippen molar-refractivity contribution in [1.29, 1.82) is 0 Å². The van der Waals surface area contributed by atoms with Gasteiger partial charge in [0.15, 0.2) is 0 Å². The molecule has 1 aromatic rings. The van der Waals surface area contributed by atoms with Gasteiger partial charge in [-0.15, -0.1) is 0 Å². The molecule has 5 aliphatic rings. The van der Waals surface area contributed by atoms with Gasteiger partial charge in [-0.25, -0.2) is 0 Å². The Hall–Kier alpha value is -1.36. The average Bonchev–Trinajstić information content (AvgIpc) is 2.66. The van der Waals surface area contributed by atoms with Crippen molar-refractivity contribution in [3.8, 4) is 0 Å². The van der Waals surface area contributed by atoms with Gasteiger partial charge in [0.1, 0.15) is 0 Å². The summed E-state index contributed by atoms with van der Waals surface area (Å²) < 4.78 is 0.209. The number of piperidine rings is 1. The molecule has 5 heteroatoms. The number of para-hydroxylation sites is 1. The van der Waals surface area contributed by atoms with Crippen molar-refractivity contribution in [2.24, 2.45) is 23.2 Å². The minimum Gasteiger partial charge on any atom is -0.342 e. The molecule has 2 amide bonds. The SMILES string of the molecule is O=C(Nc1ccccc1)C1CCN(C(=O)C23CC4CC(CC(Br)(C4)C2)C3)CC1. The number of hydrogen-bond donors (Lipinski definition) is 1. The molecule has 4 bridgehead atoms. The summed E-state index contributed by atoms with van der Waals surface area (Å²) in [7, 11) is 0. The van der Waals surface area contributed by atoms with Crippen LogP contribution < -0.4 is 5.32 Å². The van der Waals surface area contributed by atoms with E-state index in [1.807, 2.05) is 30.3 Å². The van der Waals surface area contributed by atoms with E-state index in [0.29, 0.717) is 5.91 Å². The first-order valence-corrected chi connectivity index (χ1v) is 11.6. The maximum atomic E-state index is 13.6. The zero-order chi connectivity index (χ0) is 19.4. The van der Waals surface area contributed by atoms with E-state index in [-0.39, 0.29) is 21.6 Å². The maximum Gasteiger partial charge on any atom is 0.228 e. The summed E-state index contributed by atoms with van der Waals surface area (Å²) in [5, 5.41) is 3.02. The fourth-order valence-electron chi connectivity index (χ4n) is 6.85. The van der Waals surface area contributed by atoms with E-state index in [1.54, 1.807) is 0 Å². The number of rotatable bonds is 3. The molecule has 150 valence electrons. The van der Waals surface area contributed by atoms with Gasteiger partial charge in [0.2, 0.25) is 11.8 Å². The van der Waals surface area contributed by atoms with Gasteiger partial charge >= 0.3 is 0 Å². The number of anilines is 1. The number of hydrogen-bond acceptors (Lipinski definition) is 2. The van der Waals surface area contributed by atoms with E-state index >= 15 is 0 Å². The average molecular weight is 445 g/mol. The van der Waals surface area contributed by atoms with Crippen LogP contribution in [0.2, 0.25) is 0 Å². The highest BCUT2D eigenvalue weighted by Gasteiger charge is 2.60. The minimum absolute atomic E-state index is 0.00290. The van der Waals surface area contributed by atoms with E-state index in [9.17, 15) is 9.59 Å². The van der Waals surface area contributed by atoms with Crippen LogP contribution >= 0.6 is 15.9 Å². The van der Waals surface area contributed by atoms with Crippen molar-refractivity contribution < 1.29 is 9.59 Å². The molecule has 5 fully saturated rings. The number of halogens is 1. The van der Waals surface area contributed by atoms with Crippen LogP contribution in [-0.4, -0.2) is 34.1 Å². The molecule has 4 aliphatic carbocycles. The second kappa shape index (κ2) is 6.86. The summed E-state index contributed by atoms with van der Waals surface area (Å²) in [6.07, 6.45) is 8.55. The molecule has 6 rings (SSSR count). The van der Waals surface area contributed by atoms with Crippen LogP contribution in [-0.2, 0) is 9.59 Å². The van der Waals surface area contributed by atoms with Gasteiger partial charge in [-0.3, -0.25) is 9.59 Å². The molecule has 2 unspecified atom stereocenters. The molecule has 1 saturated heterocycles. The highest BCUT2D eigenvalue weighted by Crippen LogP contribution is 2.64. The molecular formula is C23H29BrN2O2. The van der Waals surface area contributed by atoms with E-state index in [4.69, 9.17) is 0 Å². The molecule has 4 saturated carbocycles. The number of likely N-dealkylation sites (tertiary alicyclic amines) is 1. The van der Waals surface area contributed by atoms with Crippen molar-refractivity contribution in [3.05, 3.63) is 30.3 Å². The first kappa shape index (κ1) is 18.7. The summed E-state index contributed by atoms with van der Waals surface area (Å²) in [6.45, 7) is 1.44. The summed E-state index contributed by atoms with van der Waals surface area (Å²) >= 11 is 4.02. The zero-order valence-electron chi connectivity index (χ0n) is 16.3.